The highest BCUT2D eigenvalue weighted by Crippen LogP contribution is 2.39. The van der Waals surface area contributed by atoms with E-state index in [9.17, 15) is 0 Å². The van der Waals surface area contributed by atoms with Crippen molar-refractivity contribution in [1.29, 1.82) is 0 Å². The first-order valence-corrected chi connectivity index (χ1v) is 6.43. The smallest absolute Gasteiger partial charge is 0.175 e. The Labute approximate surface area is 109 Å². The molecule has 3 nitrogen and oxygen atoms in total. The van der Waals surface area contributed by atoms with Gasteiger partial charge in [0.2, 0.25) is 0 Å². The van der Waals surface area contributed by atoms with E-state index in [4.69, 9.17) is 14.6 Å². The molecule has 17 heavy (non-hydrogen) atoms. The van der Waals surface area contributed by atoms with Crippen LogP contribution in [-0.4, -0.2) is 24.9 Å². The van der Waals surface area contributed by atoms with Gasteiger partial charge in [0.1, 0.15) is 13.2 Å². The minimum atomic E-state index is 0.0859. The van der Waals surface area contributed by atoms with Crippen LogP contribution in [-0.2, 0) is 0 Å². The van der Waals surface area contributed by atoms with E-state index < -0.39 is 0 Å². The van der Waals surface area contributed by atoms with Crippen LogP contribution in [0.25, 0.3) is 6.08 Å². The molecule has 0 spiro atoms. The average molecular weight is 299 g/mol. The van der Waals surface area contributed by atoms with Crippen LogP contribution in [0.2, 0.25) is 0 Å². The second-order valence-electron chi connectivity index (χ2n) is 3.84. The van der Waals surface area contributed by atoms with E-state index in [1.807, 2.05) is 25.1 Å². The Morgan fingerprint density at radius 1 is 1.41 bits per heavy atom. The Morgan fingerprint density at radius 2 is 2.18 bits per heavy atom. The Hall–Kier alpha value is -1.00. The van der Waals surface area contributed by atoms with Gasteiger partial charge in [-0.3, -0.25) is 0 Å². The Bertz CT molecular complexity index is 435. The van der Waals surface area contributed by atoms with E-state index in [0.717, 1.165) is 33.5 Å². The van der Waals surface area contributed by atoms with Crippen LogP contribution >= 0.6 is 15.9 Å². The van der Waals surface area contributed by atoms with Crippen LogP contribution in [0, 0.1) is 0 Å². The molecule has 1 aliphatic heterocycles. The SMILES string of the molecule is CCC(=Cc1cc(Br)c2c(c1)OCCO2)CO. The number of ether oxygens (including phenoxy) is 2. The summed E-state index contributed by atoms with van der Waals surface area (Å²) in [7, 11) is 0. The molecule has 0 amide bonds. The largest absolute Gasteiger partial charge is 0.486 e. The van der Waals surface area contributed by atoms with E-state index in [1.54, 1.807) is 0 Å². The standard InChI is InChI=1S/C13H15BrO3/c1-2-9(8-15)5-10-6-11(14)13-12(7-10)16-3-4-17-13/h5-7,15H,2-4,8H2,1H3. The Morgan fingerprint density at radius 3 is 2.88 bits per heavy atom. The summed E-state index contributed by atoms with van der Waals surface area (Å²) in [6.45, 7) is 3.27. The fourth-order valence-corrected chi connectivity index (χ4v) is 2.28. The Kier molecular flexibility index (Phi) is 4.07. The van der Waals surface area contributed by atoms with Crippen molar-refractivity contribution in [1.82, 2.24) is 0 Å². The molecule has 1 aliphatic rings. The molecule has 0 saturated carbocycles. The molecule has 0 fully saturated rings. The number of fused-ring (bicyclic) bond motifs is 1. The van der Waals surface area contributed by atoms with Crippen molar-refractivity contribution in [3.05, 3.63) is 27.7 Å². The highest BCUT2D eigenvalue weighted by Gasteiger charge is 2.15. The second kappa shape index (κ2) is 5.56. The number of halogens is 1. The third kappa shape index (κ3) is 2.82. The first kappa shape index (κ1) is 12.5. The van der Waals surface area contributed by atoms with Gasteiger partial charge in [0, 0.05) is 0 Å². The lowest BCUT2D eigenvalue weighted by molar-refractivity contribution is 0.170. The van der Waals surface area contributed by atoms with Gasteiger partial charge in [-0.15, -0.1) is 0 Å². The quantitative estimate of drug-likeness (QED) is 0.932. The molecule has 0 radical (unpaired) electrons. The zero-order valence-corrected chi connectivity index (χ0v) is 11.3. The second-order valence-corrected chi connectivity index (χ2v) is 4.70. The van der Waals surface area contributed by atoms with Crippen LogP contribution in [0.4, 0.5) is 0 Å². The number of hydrogen-bond acceptors (Lipinski definition) is 3. The molecule has 1 N–H and O–H groups in total. The summed E-state index contributed by atoms with van der Waals surface area (Å²) in [6, 6.07) is 3.91. The van der Waals surface area contributed by atoms with Crippen LogP contribution in [0.5, 0.6) is 11.5 Å². The fraction of sp³-hybridized carbons (Fsp3) is 0.385. The fourth-order valence-electron chi connectivity index (χ4n) is 1.71. The predicted octanol–water partition coefficient (Wildman–Crippen LogP) is 3.01. The van der Waals surface area contributed by atoms with Gasteiger partial charge >= 0.3 is 0 Å². The van der Waals surface area contributed by atoms with Crippen LogP contribution in [0.15, 0.2) is 22.2 Å². The van der Waals surface area contributed by atoms with Crippen molar-refractivity contribution in [2.24, 2.45) is 0 Å². The molecule has 2 rings (SSSR count). The van der Waals surface area contributed by atoms with Crippen LogP contribution < -0.4 is 9.47 Å². The van der Waals surface area contributed by atoms with Gasteiger partial charge in [0.25, 0.3) is 0 Å². The van der Waals surface area contributed by atoms with E-state index in [1.165, 1.54) is 0 Å². The predicted molar refractivity (Wildman–Crippen MR) is 70.5 cm³/mol. The van der Waals surface area contributed by atoms with E-state index in [0.29, 0.717) is 13.2 Å². The van der Waals surface area contributed by atoms with Crippen molar-refractivity contribution < 1.29 is 14.6 Å². The van der Waals surface area contributed by atoms with Gasteiger partial charge in [-0.1, -0.05) is 13.0 Å². The number of aliphatic hydroxyl groups excluding tert-OH is 1. The summed E-state index contributed by atoms with van der Waals surface area (Å²) in [5, 5.41) is 9.16. The summed E-state index contributed by atoms with van der Waals surface area (Å²) in [5.41, 5.74) is 2.00. The van der Waals surface area contributed by atoms with Gasteiger partial charge in [-0.05, 0) is 45.6 Å². The maximum atomic E-state index is 9.16. The highest BCUT2D eigenvalue weighted by molar-refractivity contribution is 9.10. The first-order chi connectivity index (χ1) is 8.24. The third-order valence-corrected chi connectivity index (χ3v) is 3.24. The average Bonchev–Trinajstić information content (AvgIpc) is 2.36. The van der Waals surface area contributed by atoms with Crippen molar-refractivity contribution in [3.63, 3.8) is 0 Å². The van der Waals surface area contributed by atoms with E-state index in [-0.39, 0.29) is 6.61 Å². The van der Waals surface area contributed by atoms with Gasteiger partial charge < -0.3 is 14.6 Å². The normalized spacial score (nSPS) is 14.9. The van der Waals surface area contributed by atoms with Crippen molar-refractivity contribution >= 4 is 22.0 Å². The highest BCUT2D eigenvalue weighted by atomic mass is 79.9. The molecule has 0 bridgehead atoms. The Balaban J connectivity index is 2.37. The number of rotatable bonds is 3. The van der Waals surface area contributed by atoms with Crippen LogP contribution in [0.3, 0.4) is 0 Å². The van der Waals surface area contributed by atoms with Gasteiger partial charge in [0.15, 0.2) is 11.5 Å². The molecule has 0 unspecified atom stereocenters. The molecule has 0 aromatic heterocycles. The van der Waals surface area contributed by atoms with Crippen molar-refractivity contribution in [2.45, 2.75) is 13.3 Å². The first-order valence-electron chi connectivity index (χ1n) is 5.64. The van der Waals surface area contributed by atoms with E-state index in [2.05, 4.69) is 15.9 Å². The maximum Gasteiger partial charge on any atom is 0.175 e. The van der Waals surface area contributed by atoms with Gasteiger partial charge in [-0.2, -0.15) is 0 Å². The number of benzene rings is 1. The number of aliphatic hydroxyl groups is 1. The molecular weight excluding hydrogens is 284 g/mol. The van der Waals surface area contributed by atoms with E-state index >= 15 is 0 Å². The molecule has 1 aromatic rings. The van der Waals surface area contributed by atoms with Gasteiger partial charge in [0.05, 0.1) is 11.1 Å². The zero-order chi connectivity index (χ0) is 12.3. The molecule has 1 heterocycles. The molecule has 92 valence electrons. The molecule has 0 saturated heterocycles. The molecular formula is C13H15BrO3. The lowest BCUT2D eigenvalue weighted by atomic mass is 10.1. The zero-order valence-electron chi connectivity index (χ0n) is 9.70. The lowest BCUT2D eigenvalue weighted by Crippen LogP contribution is -2.15. The molecule has 0 aliphatic carbocycles. The minimum Gasteiger partial charge on any atom is -0.486 e. The molecule has 0 atom stereocenters. The lowest BCUT2D eigenvalue weighted by Gasteiger charge is -2.20. The van der Waals surface area contributed by atoms with Crippen molar-refractivity contribution in [2.75, 3.05) is 19.8 Å². The summed E-state index contributed by atoms with van der Waals surface area (Å²) < 4.78 is 12.0. The topological polar surface area (TPSA) is 38.7 Å². The summed E-state index contributed by atoms with van der Waals surface area (Å²) in [6.07, 6.45) is 2.81. The van der Waals surface area contributed by atoms with Crippen LogP contribution in [0.1, 0.15) is 18.9 Å². The maximum absolute atomic E-state index is 9.16. The van der Waals surface area contributed by atoms with Gasteiger partial charge in [-0.25, -0.2) is 0 Å². The minimum absolute atomic E-state index is 0.0859. The third-order valence-electron chi connectivity index (χ3n) is 2.65. The summed E-state index contributed by atoms with van der Waals surface area (Å²) in [5.74, 6) is 1.51. The number of hydrogen-bond donors (Lipinski definition) is 1. The molecule has 1 aromatic carbocycles. The molecule has 4 heteroatoms. The van der Waals surface area contributed by atoms with Crippen molar-refractivity contribution in [3.8, 4) is 11.5 Å². The summed E-state index contributed by atoms with van der Waals surface area (Å²) in [4.78, 5) is 0. The monoisotopic (exact) mass is 298 g/mol. The summed E-state index contributed by atoms with van der Waals surface area (Å²) >= 11 is 3.47.